The number of nitrogens with zero attached hydrogens (tertiary/aromatic N) is 2. The maximum atomic E-state index is 4.19. The maximum Gasteiger partial charge on any atom is 0.160 e. The normalized spacial score (nSPS) is 10.5. The topological polar surface area (TPSA) is 25.8 Å². The van der Waals surface area contributed by atoms with Gasteiger partial charge in [0.05, 0.1) is 10.9 Å². The largest absolute Gasteiger partial charge is 0.262 e. The molecule has 0 bridgehead atoms. The Bertz CT molecular complexity index is 324. The van der Waals surface area contributed by atoms with E-state index in [1.54, 1.807) is 23.7 Å². The lowest BCUT2D eigenvalue weighted by Crippen LogP contribution is -1.68. The van der Waals surface area contributed by atoms with Crippen LogP contribution in [0, 0.1) is 0 Å². The van der Waals surface area contributed by atoms with E-state index in [0.717, 1.165) is 9.43 Å². The zero-order chi connectivity index (χ0) is 6.97. The van der Waals surface area contributed by atoms with Gasteiger partial charge in [-0.15, -0.1) is 11.3 Å². The average molecular weight is 215 g/mol. The monoisotopic (exact) mass is 214 g/mol. The molecule has 10 heavy (non-hydrogen) atoms. The highest BCUT2D eigenvalue weighted by atomic mass is 79.9. The first kappa shape index (κ1) is 6.24. The van der Waals surface area contributed by atoms with Crippen molar-refractivity contribution in [2.75, 3.05) is 0 Å². The molecular formula is C6H3BrN2S. The summed E-state index contributed by atoms with van der Waals surface area (Å²) in [5, 5.41) is 0. The predicted molar refractivity (Wildman–Crippen MR) is 45.1 cm³/mol. The summed E-state index contributed by atoms with van der Waals surface area (Å²) in [5.74, 6) is 0. The van der Waals surface area contributed by atoms with E-state index in [2.05, 4.69) is 25.9 Å². The second kappa shape index (κ2) is 2.29. The number of pyridine rings is 1. The Kier molecular flexibility index (Phi) is 1.43. The minimum absolute atomic E-state index is 0.913. The fourth-order valence-corrected chi connectivity index (χ4v) is 2.12. The highest BCUT2D eigenvalue weighted by Crippen LogP contribution is 2.24. The Labute approximate surface area is 70.1 Å². The molecule has 0 radical (unpaired) electrons. The Morgan fingerprint density at radius 1 is 1.50 bits per heavy atom. The summed E-state index contributed by atoms with van der Waals surface area (Å²) in [5.41, 5.74) is 0.958. The second-order valence-electron chi connectivity index (χ2n) is 1.81. The highest BCUT2D eigenvalue weighted by Gasteiger charge is 1.97. The lowest BCUT2D eigenvalue weighted by molar-refractivity contribution is 1.33. The number of aromatic nitrogens is 2. The third kappa shape index (κ3) is 0.932. The lowest BCUT2D eigenvalue weighted by Gasteiger charge is -1.79. The van der Waals surface area contributed by atoms with Gasteiger partial charge in [0.2, 0.25) is 0 Å². The Hall–Kier alpha value is -0.480. The van der Waals surface area contributed by atoms with Gasteiger partial charge in [0, 0.05) is 6.20 Å². The number of hydrogen-bond acceptors (Lipinski definition) is 3. The SMILES string of the molecule is Brc1nc2cnccc2s1. The van der Waals surface area contributed by atoms with Gasteiger partial charge >= 0.3 is 0 Å². The van der Waals surface area contributed by atoms with Gasteiger partial charge in [0.15, 0.2) is 3.92 Å². The van der Waals surface area contributed by atoms with E-state index in [-0.39, 0.29) is 0 Å². The molecule has 0 fully saturated rings. The van der Waals surface area contributed by atoms with Crippen molar-refractivity contribution in [2.24, 2.45) is 0 Å². The van der Waals surface area contributed by atoms with Crippen LogP contribution in [-0.2, 0) is 0 Å². The van der Waals surface area contributed by atoms with E-state index in [0.29, 0.717) is 0 Å². The smallest absolute Gasteiger partial charge is 0.160 e. The van der Waals surface area contributed by atoms with Crippen LogP contribution in [0.2, 0.25) is 0 Å². The van der Waals surface area contributed by atoms with Gasteiger partial charge in [-0.05, 0) is 22.0 Å². The average Bonchev–Trinajstić information content (AvgIpc) is 2.27. The molecule has 0 saturated carbocycles. The molecule has 0 aliphatic heterocycles. The maximum absolute atomic E-state index is 4.19. The number of thiazole rings is 1. The molecule has 4 heteroatoms. The molecule has 2 nitrogen and oxygen atoms in total. The Morgan fingerprint density at radius 2 is 2.40 bits per heavy atom. The van der Waals surface area contributed by atoms with Crippen molar-refractivity contribution in [3.63, 3.8) is 0 Å². The summed E-state index contributed by atoms with van der Waals surface area (Å²) >= 11 is 4.92. The van der Waals surface area contributed by atoms with Crippen LogP contribution in [-0.4, -0.2) is 9.97 Å². The zero-order valence-corrected chi connectivity index (χ0v) is 7.32. The predicted octanol–water partition coefficient (Wildman–Crippen LogP) is 2.45. The molecule has 0 unspecified atom stereocenters. The van der Waals surface area contributed by atoms with Gasteiger partial charge in [0.25, 0.3) is 0 Å². The summed E-state index contributed by atoms with van der Waals surface area (Å²) < 4.78 is 2.08. The van der Waals surface area contributed by atoms with Crippen molar-refractivity contribution in [1.82, 2.24) is 9.97 Å². The lowest BCUT2D eigenvalue weighted by atomic mass is 10.5. The fourth-order valence-electron chi connectivity index (χ4n) is 0.752. The van der Waals surface area contributed by atoms with Gasteiger partial charge in [0.1, 0.15) is 5.52 Å². The van der Waals surface area contributed by atoms with Crippen molar-refractivity contribution in [3.8, 4) is 0 Å². The van der Waals surface area contributed by atoms with Crippen LogP contribution in [0.15, 0.2) is 22.4 Å². The molecule has 0 aromatic carbocycles. The summed E-state index contributed by atoms with van der Waals surface area (Å²) in [6.45, 7) is 0. The van der Waals surface area contributed by atoms with Crippen LogP contribution in [0.25, 0.3) is 10.2 Å². The van der Waals surface area contributed by atoms with Crippen molar-refractivity contribution in [2.45, 2.75) is 0 Å². The van der Waals surface area contributed by atoms with Gasteiger partial charge in [-0.3, -0.25) is 4.98 Å². The molecule has 0 aliphatic carbocycles. The third-order valence-corrected chi connectivity index (χ3v) is 2.65. The quantitative estimate of drug-likeness (QED) is 0.674. The molecule has 0 amide bonds. The van der Waals surface area contributed by atoms with Crippen molar-refractivity contribution >= 4 is 37.5 Å². The molecule has 0 atom stereocenters. The molecule has 50 valence electrons. The summed E-state index contributed by atoms with van der Waals surface area (Å²) in [4.78, 5) is 8.14. The number of hydrogen-bond donors (Lipinski definition) is 0. The van der Waals surface area contributed by atoms with Crippen LogP contribution >= 0.6 is 27.3 Å². The van der Waals surface area contributed by atoms with E-state index in [9.17, 15) is 0 Å². The van der Waals surface area contributed by atoms with Crippen molar-refractivity contribution in [1.29, 1.82) is 0 Å². The molecule has 2 rings (SSSR count). The number of rotatable bonds is 0. The summed E-state index contributed by atoms with van der Waals surface area (Å²) in [6.07, 6.45) is 3.53. The Morgan fingerprint density at radius 3 is 3.20 bits per heavy atom. The van der Waals surface area contributed by atoms with Crippen LogP contribution < -0.4 is 0 Å². The van der Waals surface area contributed by atoms with E-state index >= 15 is 0 Å². The molecule has 2 aromatic heterocycles. The number of halogens is 1. The van der Waals surface area contributed by atoms with Crippen molar-refractivity contribution < 1.29 is 0 Å². The first-order chi connectivity index (χ1) is 4.86. The van der Waals surface area contributed by atoms with Gasteiger partial charge in [-0.1, -0.05) is 0 Å². The van der Waals surface area contributed by atoms with Crippen LogP contribution in [0.1, 0.15) is 0 Å². The standard InChI is InChI=1S/C6H3BrN2S/c7-6-9-4-3-8-2-1-5(4)10-6/h1-3H. The second-order valence-corrected chi connectivity index (χ2v) is 4.12. The highest BCUT2D eigenvalue weighted by molar-refractivity contribution is 9.11. The molecule has 2 aromatic rings. The summed E-state index contributed by atoms with van der Waals surface area (Å²) in [7, 11) is 0. The van der Waals surface area contributed by atoms with Crippen molar-refractivity contribution in [3.05, 3.63) is 22.4 Å². The van der Waals surface area contributed by atoms with Gasteiger partial charge in [-0.25, -0.2) is 4.98 Å². The molecule has 2 heterocycles. The first-order valence-electron chi connectivity index (χ1n) is 2.72. The van der Waals surface area contributed by atoms with Gasteiger partial charge < -0.3 is 0 Å². The molecule has 0 aliphatic rings. The van der Waals surface area contributed by atoms with E-state index in [4.69, 9.17) is 0 Å². The minimum atomic E-state index is 0.913. The summed E-state index contributed by atoms with van der Waals surface area (Å²) in [6, 6.07) is 1.96. The third-order valence-electron chi connectivity index (χ3n) is 1.16. The number of fused-ring (bicyclic) bond motifs is 1. The minimum Gasteiger partial charge on any atom is -0.262 e. The first-order valence-corrected chi connectivity index (χ1v) is 4.33. The molecule has 0 spiro atoms. The van der Waals surface area contributed by atoms with Crippen LogP contribution in [0.3, 0.4) is 0 Å². The molecule has 0 N–H and O–H groups in total. The fraction of sp³-hybridized carbons (Fsp3) is 0. The Balaban J connectivity index is 2.88. The van der Waals surface area contributed by atoms with E-state index in [1.165, 1.54) is 4.70 Å². The zero-order valence-electron chi connectivity index (χ0n) is 4.91. The van der Waals surface area contributed by atoms with E-state index < -0.39 is 0 Å². The van der Waals surface area contributed by atoms with Crippen LogP contribution in [0.4, 0.5) is 0 Å². The van der Waals surface area contributed by atoms with E-state index in [1.807, 2.05) is 6.07 Å². The molecule has 0 saturated heterocycles. The van der Waals surface area contributed by atoms with Crippen LogP contribution in [0.5, 0.6) is 0 Å². The molecular weight excluding hydrogens is 212 g/mol. The van der Waals surface area contributed by atoms with Gasteiger partial charge in [-0.2, -0.15) is 0 Å².